The van der Waals surface area contributed by atoms with Crippen molar-refractivity contribution in [2.24, 2.45) is 5.92 Å². The molecule has 0 radical (unpaired) electrons. The van der Waals surface area contributed by atoms with E-state index in [2.05, 4.69) is 30.4 Å². The molecule has 0 saturated heterocycles. The summed E-state index contributed by atoms with van der Waals surface area (Å²) in [5.41, 5.74) is 0. The molecule has 3 nitrogen and oxygen atoms in total. The van der Waals surface area contributed by atoms with Crippen molar-refractivity contribution in [3.63, 3.8) is 0 Å². The lowest BCUT2D eigenvalue weighted by molar-refractivity contribution is -0.122. The van der Waals surface area contributed by atoms with Gasteiger partial charge in [0.1, 0.15) is 0 Å². The van der Waals surface area contributed by atoms with Crippen LogP contribution in [0.3, 0.4) is 0 Å². The molecule has 0 aliphatic rings. The highest BCUT2D eigenvalue weighted by molar-refractivity contribution is 5.81. The second-order valence-electron chi connectivity index (χ2n) is 3.73. The summed E-state index contributed by atoms with van der Waals surface area (Å²) in [6.07, 6.45) is 7.34. The van der Waals surface area contributed by atoms with E-state index in [1.54, 1.807) is 0 Å². The van der Waals surface area contributed by atoms with Crippen molar-refractivity contribution in [3.8, 4) is 12.3 Å². The van der Waals surface area contributed by atoms with Gasteiger partial charge in [0.15, 0.2) is 0 Å². The molecule has 0 spiro atoms. The van der Waals surface area contributed by atoms with Crippen LogP contribution in [0.4, 0.5) is 0 Å². The second kappa shape index (κ2) is 8.31. The molecule has 1 amide bonds. The number of carbonyl (C=O) groups is 1. The number of rotatable bonds is 7. The van der Waals surface area contributed by atoms with E-state index in [-0.39, 0.29) is 11.9 Å². The average Bonchev–Trinajstić information content (AvgIpc) is 2.26. The maximum absolute atomic E-state index is 11.4. The van der Waals surface area contributed by atoms with E-state index in [9.17, 15) is 4.79 Å². The molecule has 1 unspecified atom stereocenters. The first kappa shape index (κ1) is 14.0. The molecule has 0 aliphatic heterocycles. The Balaban J connectivity index is 3.77. The normalized spacial score (nSPS) is 12.2. The van der Waals surface area contributed by atoms with Gasteiger partial charge in [-0.25, -0.2) is 0 Å². The predicted molar refractivity (Wildman–Crippen MR) is 63.4 cm³/mol. The number of carbonyl (C=O) groups excluding carboxylic acids is 1. The highest BCUT2D eigenvalue weighted by Crippen LogP contribution is 2.05. The standard InChI is InChI=1S/C12H22N2O/c1-5-8-13-12(15)10(4)14-9-11(6-2)7-3/h1,10-11,14H,6-9H2,2-4H3,(H,13,15). The summed E-state index contributed by atoms with van der Waals surface area (Å²) in [6.45, 7) is 7.37. The van der Waals surface area contributed by atoms with Crippen LogP contribution in [-0.2, 0) is 4.79 Å². The van der Waals surface area contributed by atoms with Crippen LogP contribution in [0.15, 0.2) is 0 Å². The zero-order chi connectivity index (χ0) is 11.7. The molecule has 0 aromatic rings. The molecule has 0 aromatic heterocycles. The summed E-state index contributed by atoms with van der Waals surface area (Å²) in [5.74, 6) is 3.00. The largest absolute Gasteiger partial charge is 0.344 e. The molecule has 3 heteroatoms. The van der Waals surface area contributed by atoms with E-state index in [4.69, 9.17) is 6.42 Å². The van der Waals surface area contributed by atoms with Crippen LogP contribution in [0.2, 0.25) is 0 Å². The van der Waals surface area contributed by atoms with Crippen LogP contribution >= 0.6 is 0 Å². The summed E-state index contributed by atoms with van der Waals surface area (Å²) >= 11 is 0. The topological polar surface area (TPSA) is 41.1 Å². The molecule has 2 N–H and O–H groups in total. The molecule has 0 heterocycles. The quantitative estimate of drug-likeness (QED) is 0.619. The van der Waals surface area contributed by atoms with Crippen LogP contribution in [0, 0.1) is 18.3 Å². The molecule has 0 saturated carbocycles. The van der Waals surface area contributed by atoms with Crippen LogP contribution < -0.4 is 10.6 Å². The Labute approximate surface area is 93.0 Å². The molecule has 0 bridgehead atoms. The van der Waals surface area contributed by atoms with Crippen LogP contribution in [0.1, 0.15) is 33.6 Å². The molecular weight excluding hydrogens is 188 g/mol. The Morgan fingerprint density at radius 3 is 2.47 bits per heavy atom. The monoisotopic (exact) mass is 210 g/mol. The first-order chi connectivity index (χ1) is 7.15. The van der Waals surface area contributed by atoms with E-state index < -0.39 is 0 Å². The fourth-order valence-corrected chi connectivity index (χ4v) is 1.30. The third-order valence-corrected chi connectivity index (χ3v) is 2.63. The Hall–Kier alpha value is -1.01. The second-order valence-corrected chi connectivity index (χ2v) is 3.73. The minimum absolute atomic E-state index is 0.0288. The number of amides is 1. The summed E-state index contributed by atoms with van der Waals surface area (Å²) < 4.78 is 0. The van der Waals surface area contributed by atoms with Gasteiger partial charge < -0.3 is 10.6 Å². The molecule has 86 valence electrons. The van der Waals surface area contributed by atoms with Gasteiger partial charge in [0.2, 0.25) is 5.91 Å². The van der Waals surface area contributed by atoms with E-state index in [1.165, 1.54) is 0 Å². The van der Waals surface area contributed by atoms with E-state index >= 15 is 0 Å². The van der Waals surface area contributed by atoms with Gasteiger partial charge in [-0.3, -0.25) is 4.79 Å². The van der Waals surface area contributed by atoms with Crippen LogP contribution in [0.25, 0.3) is 0 Å². The first-order valence-corrected chi connectivity index (χ1v) is 5.60. The van der Waals surface area contributed by atoms with Crippen molar-refractivity contribution in [2.45, 2.75) is 39.7 Å². The van der Waals surface area contributed by atoms with Gasteiger partial charge in [0.25, 0.3) is 0 Å². The van der Waals surface area contributed by atoms with Gasteiger partial charge in [-0.05, 0) is 19.4 Å². The lowest BCUT2D eigenvalue weighted by Crippen LogP contribution is -2.43. The van der Waals surface area contributed by atoms with Gasteiger partial charge in [-0.2, -0.15) is 0 Å². The highest BCUT2D eigenvalue weighted by Gasteiger charge is 2.12. The SMILES string of the molecule is C#CCNC(=O)C(C)NCC(CC)CC. The zero-order valence-corrected chi connectivity index (χ0v) is 9.97. The number of hydrogen-bond acceptors (Lipinski definition) is 2. The van der Waals surface area contributed by atoms with Gasteiger partial charge >= 0.3 is 0 Å². The Kier molecular flexibility index (Phi) is 7.75. The van der Waals surface area contributed by atoms with Crippen molar-refractivity contribution < 1.29 is 4.79 Å². The molecule has 0 aromatic carbocycles. The average molecular weight is 210 g/mol. The lowest BCUT2D eigenvalue weighted by atomic mass is 10.0. The Bertz CT molecular complexity index is 216. The summed E-state index contributed by atoms with van der Waals surface area (Å²) in [5, 5.41) is 5.87. The molecule has 0 rings (SSSR count). The molecule has 0 aliphatic carbocycles. The predicted octanol–water partition coefficient (Wildman–Crippen LogP) is 1.15. The highest BCUT2D eigenvalue weighted by atomic mass is 16.2. The maximum atomic E-state index is 11.4. The summed E-state index contributed by atoms with van der Waals surface area (Å²) in [7, 11) is 0. The van der Waals surface area contributed by atoms with Crippen molar-refractivity contribution in [3.05, 3.63) is 0 Å². The molecular formula is C12H22N2O. The lowest BCUT2D eigenvalue weighted by Gasteiger charge is -2.17. The Morgan fingerprint density at radius 2 is 2.00 bits per heavy atom. The van der Waals surface area contributed by atoms with Gasteiger partial charge in [-0.1, -0.05) is 32.6 Å². The van der Waals surface area contributed by atoms with E-state index in [0.29, 0.717) is 12.5 Å². The number of nitrogens with one attached hydrogen (secondary N) is 2. The van der Waals surface area contributed by atoms with Crippen molar-refractivity contribution in [1.29, 1.82) is 0 Å². The Morgan fingerprint density at radius 1 is 1.40 bits per heavy atom. The number of hydrogen-bond donors (Lipinski definition) is 2. The first-order valence-electron chi connectivity index (χ1n) is 5.60. The van der Waals surface area contributed by atoms with E-state index in [1.807, 2.05) is 6.92 Å². The number of terminal acetylenes is 1. The summed E-state index contributed by atoms with van der Waals surface area (Å²) in [4.78, 5) is 11.4. The smallest absolute Gasteiger partial charge is 0.237 e. The minimum Gasteiger partial charge on any atom is -0.344 e. The van der Waals surface area contributed by atoms with E-state index in [0.717, 1.165) is 19.4 Å². The third-order valence-electron chi connectivity index (χ3n) is 2.63. The molecule has 1 atom stereocenters. The third kappa shape index (κ3) is 6.14. The van der Waals surface area contributed by atoms with Crippen molar-refractivity contribution >= 4 is 5.91 Å². The van der Waals surface area contributed by atoms with Crippen molar-refractivity contribution in [1.82, 2.24) is 10.6 Å². The van der Waals surface area contributed by atoms with Gasteiger partial charge in [0, 0.05) is 0 Å². The van der Waals surface area contributed by atoms with Crippen LogP contribution in [0.5, 0.6) is 0 Å². The van der Waals surface area contributed by atoms with Gasteiger partial charge in [-0.15, -0.1) is 6.42 Å². The zero-order valence-electron chi connectivity index (χ0n) is 9.97. The fraction of sp³-hybridized carbons (Fsp3) is 0.750. The molecule has 0 fully saturated rings. The molecule has 15 heavy (non-hydrogen) atoms. The summed E-state index contributed by atoms with van der Waals surface area (Å²) in [6, 6.07) is -0.168. The van der Waals surface area contributed by atoms with Crippen molar-refractivity contribution in [2.75, 3.05) is 13.1 Å². The van der Waals surface area contributed by atoms with Crippen LogP contribution in [-0.4, -0.2) is 25.0 Å². The van der Waals surface area contributed by atoms with Gasteiger partial charge in [0.05, 0.1) is 12.6 Å². The fourth-order valence-electron chi connectivity index (χ4n) is 1.30. The minimum atomic E-state index is -0.168. The maximum Gasteiger partial charge on any atom is 0.237 e.